The van der Waals surface area contributed by atoms with E-state index >= 15 is 0 Å². The molecule has 0 saturated carbocycles. The minimum Gasteiger partial charge on any atom is -0.497 e. The van der Waals surface area contributed by atoms with Crippen LogP contribution in [0.2, 0.25) is 0 Å². The lowest BCUT2D eigenvalue weighted by Gasteiger charge is -2.26. The van der Waals surface area contributed by atoms with Crippen LogP contribution in [0.4, 0.5) is 34.1 Å². The smallest absolute Gasteiger partial charge is 0.119 e. The van der Waals surface area contributed by atoms with E-state index in [4.69, 9.17) is 13.6 Å². The van der Waals surface area contributed by atoms with Crippen molar-refractivity contribution in [1.82, 2.24) is 4.40 Å². The molecule has 10 rings (SSSR count). The van der Waals surface area contributed by atoms with Crippen LogP contribution >= 0.6 is 0 Å². The Morgan fingerprint density at radius 1 is 0.446 bits per heavy atom. The number of hydrogen-bond donors (Lipinski definition) is 0. The molecule has 0 N–H and O–H groups in total. The van der Waals surface area contributed by atoms with E-state index in [1.807, 2.05) is 36.4 Å². The highest BCUT2D eigenvalue weighted by Gasteiger charge is 2.23. The Hall–Kier alpha value is -6.98. The lowest BCUT2D eigenvalue weighted by molar-refractivity contribution is 0.414. The van der Waals surface area contributed by atoms with Gasteiger partial charge in [-0.3, -0.25) is 0 Å². The van der Waals surface area contributed by atoms with Gasteiger partial charge in [0.1, 0.15) is 11.5 Å². The summed E-state index contributed by atoms with van der Waals surface area (Å²) in [5.41, 5.74) is 11.6. The van der Waals surface area contributed by atoms with Crippen LogP contribution in [-0.4, -0.2) is 18.6 Å². The SMILES string of the molecule is [2H]C([2H])([2H])c1ccc2c3c4cc(N(c5ccc(OC)cc5)c5cccc(C)c5)ccc4cc4c5ccc(N(c6ccc(OC)cc6)c6cccc(C)c6)cc5n(c2c1)c43. The molecular weight excluding hydrogens is 687 g/mol. The van der Waals surface area contributed by atoms with Crippen molar-refractivity contribution in [3.05, 3.63) is 174 Å². The molecule has 272 valence electrons. The minimum absolute atomic E-state index is 0.310. The van der Waals surface area contributed by atoms with Crippen LogP contribution in [0.25, 0.3) is 48.9 Å². The van der Waals surface area contributed by atoms with E-state index in [1.165, 1.54) is 0 Å². The summed E-state index contributed by atoms with van der Waals surface area (Å²) in [4.78, 5) is 4.53. The van der Waals surface area contributed by atoms with Crippen molar-refractivity contribution >= 4 is 83.0 Å². The van der Waals surface area contributed by atoms with E-state index in [2.05, 4.69) is 143 Å². The maximum atomic E-state index is 8.40. The van der Waals surface area contributed by atoms with Gasteiger partial charge in [-0.1, -0.05) is 48.5 Å². The normalized spacial score (nSPS) is 12.7. The fourth-order valence-corrected chi connectivity index (χ4v) is 8.48. The van der Waals surface area contributed by atoms with Crippen LogP contribution in [0.3, 0.4) is 0 Å². The Morgan fingerprint density at radius 3 is 1.57 bits per heavy atom. The van der Waals surface area contributed by atoms with E-state index in [1.54, 1.807) is 20.3 Å². The van der Waals surface area contributed by atoms with E-state index in [-0.39, 0.29) is 0 Å². The predicted molar refractivity (Wildman–Crippen MR) is 235 cm³/mol. The van der Waals surface area contributed by atoms with Crippen molar-refractivity contribution in [2.75, 3.05) is 24.0 Å². The first-order valence-corrected chi connectivity index (χ1v) is 18.8. The van der Waals surface area contributed by atoms with Crippen LogP contribution in [0.5, 0.6) is 11.5 Å². The number of aromatic nitrogens is 1. The molecule has 0 bridgehead atoms. The first-order chi connectivity index (χ1) is 28.6. The summed E-state index contributed by atoms with van der Waals surface area (Å²) < 4.78 is 38.5. The van der Waals surface area contributed by atoms with Crippen molar-refractivity contribution in [1.29, 1.82) is 0 Å². The second-order valence-electron chi connectivity index (χ2n) is 14.6. The van der Waals surface area contributed by atoms with E-state index in [9.17, 15) is 0 Å². The highest BCUT2D eigenvalue weighted by atomic mass is 16.5. The molecule has 0 aliphatic heterocycles. The van der Waals surface area contributed by atoms with Crippen molar-refractivity contribution in [3.8, 4) is 11.5 Å². The summed E-state index contributed by atoms with van der Waals surface area (Å²) in [6, 6.07) is 54.5. The van der Waals surface area contributed by atoms with E-state index < -0.39 is 6.85 Å². The second kappa shape index (κ2) is 13.1. The standard InChI is InChI=1S/C51H41N3O2/c1-32-8-6-10-38(26-32)52(36-15-20-42(55-4)21-16-36)40-14-13-35-29-47-44-25-19-41(53(39-11-7-9-33(2)27-39)37-17-22-43(56-5)23-18-37)31-49(44)54-48-28-34(3)12-24-45(48)50(51(47)54)46(35)30-40/h6-31H,1-5H3/i3D3. The molecule has 0 spiro atoms. The van der Waals surface area contributed by atoms with Crippen LogP contribution < -0.4 is 19.3 Å². The van der Waals surface area contributed by atoms with Crippen molar-refractivity contribution < 1.29 is 13.6 Å². The molecule has 0 aliphatic carbocycles. The van der Waals surface area contributed by atoms with Gasteiger partial charge in [0.15, 0.2) is 0 Å². The predicted octanol–water partition coefficient (Wildman–Crippen LogP) is 13.9. The molecule has 8 aromatic carbocycles. The van der Waals surface area contributed by atoms with Gasteiger partial charge in [-0.25, -0.2) is 0 Å². The van der Waals surface area contributed by atoms with Crippen LogP contribution in [-0.2, 0) is 0 Å². The number of hydrogen-bond acceptors (Lipinski definition) is 4. The third kappa shape index (κ3) is 5.38. The van der Waals surface area contributed by atoms with E-state index in [0.29, 0.717) is 5.56 Å². The molecule has 0 amide bonds. The van der Waals surface area contributed by atoms with Gasteiger partial charge < -0.3 is 23.7 Å². The monoisotopic (exact) mass is 730 g/mol. The first-order valence-electron chi connectivity index (χ1n) is 20.3. The average Bonchev–Trinajstić information content (AvgIpc) is 3.75. The third-order valence-corrected chi connectivity index (χ3v) is 11.0. The lowest BCUT2D eigenvalue weighted by Crippen LogP contribution is -2.10. The number of benzene rings is 8. The number of rotatable bonds is 8. The Kier molecular flexibility index (Phi) is 7.10. The topological polar surface area (TPSA) is 29.4 Å². The Balaban J connectivity index is 1.26. The summed E-state index contributed by atoms with van der Waals surface area (Å²) in [7, 11) is 3.36. The number of methoxy groups -OCH3 is 2. The maximum Gasteiger partial charge on any atom is 0.119 e. The quantitative estimate of drug-likeness (QED) is 0.156. The number of aryl methyl sites for hydroxylation is 3. The summed E-state index contributed by atoms with van der Waals surface area (Å²) in [6.45, 7) is 1.95. The fraction of sp³-hybridized carbons (Fsp3) is 0.0980. The molecular formula is C51H41N3O2. The highest BCUT2D eigenvalue weighted by Crippen LogP contribution is 2.47. The largest absolute Gasteiger partial charge is 0.497 e. The Morgan fingerprint density at radius 2 is 0.982 bits per heavy atom. The minimum atomic E-state index is -2.27. The Labute approximate surface area is 330 Å². The summed E-state index contributed by atoms with van der Waals surface area (Å²) >= 11 is 0. The van der Waals surface area contributed by atoms with E-state index in [0.717, 1.165) is 106 Å². The molecule has 0 radical (unpaired) electrons. The van der Waals surface area contributed by atoms with Gasteiger partial charge in [-0.05, 0) is 157 Å². The van der Waals surface area contributed by atoms with Crippen molar-refractivity contribution in [2.24, 2.45) is 0 Å². The van der Waals surface area contributed by atoms with Crippen LogP contribution in [0.15, 0.2) is 158 Å². The van der Waals surface area contributed by atoms with Gasteiger partial charge in [0.05, 0.1) is 30.8 Å². The first kappa shape index (κ1) is 30.4. The second-order valence-corrected chi connectivity index (χ2v) is 14.6. The summed E-state index contributed by atoms with van der Waals surface area (Å²) in [5.74, 6) is 1.58. The van der Waals surface area contributed by atoms with Gasteiger partial charge in [0.25, 0.3) is 0 Å². The van der Waals surface area contributed by atoms with Gasteiger partial charge >= 0.3 is 0 Å². The average molecular weight is 731 g/mol. The molecule has 0 unspecified atom stereocenters. The molecule has 0 fully saturated rings. The Bertz CT molecular complexity index is 3210. The molecule has 10 aromatic rings. The molecule has 0 saturated heterocycles. The zero-order valence-corrected chi connectivity index (χ0v) is 31.7. The van der Waals surface area contributed by atoms with Gasteiger partial charge in [-0.15, -0.1) is 0 Å². The molecule has 0 aliphatic rings. The van der Waals surface area contributed by atoms with Crippen LogP contribution in [0, 0.1) is 20.7 Å². The summed E-state index contributed by atoms with van der Waals surface area (Å²) in [5, 5.41) is 6.50. The van der Waals surface area contributed by atoms with Gasteiger partial charge in [0, 0.05) is 59.8 Å². The van der Waals surface area contributed by atoms with Crippen molar-refractivity contribution in [3.63, 3.8) is 0 Å². The van der Waals surface area contributed by atoms with Crippen molar-refractivity contribution in [2.45, 2.75) is 20.7 Å². The number of ether oxygens (including phenoxy) is 2. The van der Waals surface area contributed by atoms with Gasteiger partial charge in [0.2, 0.25) is 0 Å². The lowest BCUT2D eigenvalue weighted by atomic mass is 9.98. The van der Waals surface area contributed by atoms with Gasteiger partial charge in [-0.2, -0.15) is 0 Å². The molecule has 56 heavy (non-hydrogen) atoms. The molecule has 0 atom stereocenters. The third-order valence-electron chi connectivity index (χ3n) is 11.0. The van der Waals surface area contributed by atoms with Crippen LogP contribution in [0.1, 0.15) is 20.8 Å². The molecule has 5 heteroatoms. The molecule has 2 heterocycles. The fourth-order valence-electron chi connectivity index (χ4n) is 8.48. The highest BCUT2D eigenvalue weighted by molar-refractivity contribution is 6.31. The zero-order valence-electron chi connectivity index (χ0n) is 34.7. The number of nitrogens with zero attached hydrogens (tertiary/aromatic N) is 3. The number of anilines is 6. The summed E-state index contributed by atoms with van der Waals surface area (Å²) in [6.07, 6.45) is 0. The molecule has 5 nitrogen and oxygen atoms in total. The number of fused-ring (bicyclic) bond motifs is 8. The maximum absolute atomic E-state index is 8.40. The zero-order chi connectivity index (χ0) is 40.6. The molecule has 2 aromatic heterocycles.